The third-order valence-corrected chi connectivity index (χ3v) is 3.51. The van der Waals surface area contributed by atoms with E-state index in [4.69, 9.17) is 15.9 Å². The SMILES string of the molecule is Cc1cc(C)c(C(=N)N)c(OCC2CCCC2)n1. The number of rotatable bonds is 4. The summed E-state index contributed by atoms with van der Waals surface area (Å²) in [5.41, 5.74) is 8.11. The van der Waals surface area contributed by atoms with Gasteiger partial charge in [-0.2, -0.15) is 0 Å². The van der Waals surface area contributed by atoms with Crippen LogP contribution in [0.5, 0.6) is 5.88 Å². The zero-order chi connectivity index (χ0) is 13.1. The number of aryl methyl sites for hydroxylation is 2. The topological polar surface area (TPSA) is 72.0 Å². The maximum Gasteiger partial charge on any atom is 0.225 e. The van der Waals surface area contributed by atoms with Gasteiger partial charge in [0.05, 0.1) is 12.2 Å². The second kappa shape index (κ2) is 5.38. The number of amidine groups is 1. The van der Waals surface area contributed by atoms with E-state index in [0.29, 0.717) is 24.0 Å². The van der Waals surface area contributed by atoms with Crippen LogP contribution in [-0.4, -0.2) is 17.4 Å². The van der Waals surface area contributed by atoms with Crippen LogP contribution in [0.25, 0.3) is 0 Å². The number of nitrogen functional groups attached to an aromatic ring is 1. The quantitative estimate of drug-likeness (QED) is 0.634. The van der Waals surface area contributed by atoms with Crippen LogP contribution in [0.1, 0.15) is 42.5 Å². The standard InChI is InChI=1S/C14H21N3O/c1-9-7-10(2)17-14(12(9)13(15)16)18-8-11-5-3-4-6-11/h7,11H,3-6,8H2,1-2H3,(H3,15,16). The molecule has 0 aliphatic heterocycles. The minimum absolute atomic E-state index is 0.0291. The minimum atomic E-state index is 0.0291. The van der Waals surface area contributed by atoms with Crippen molar-refractivity contribution < 1.29 is 4.74 Å². The van der Waals surface area contributed by atoms with Gasteiger partial charge in [0.2, 0.25) is 5.88 Å². The lowest BCUT2D eigenvalue weighted by molar-refractivity contribution is 0.242. The highest BCUT2D eigenvalue weighted by Crippen LogP contribution is 2.27. The molecule has 1 aromatic rings. The van der Waals surface area contributed by atoms with Crippen LogP contribution in [0.4, 0.5) is 0 Å². The molecule has 4 nitrogen and oxygen atoms in total. The molecule has 0 radical (unpaired) electrons. The van der Waals surface area contributed by atoms with Gasteiger partial charge in [-0.05, 0) is 44.2 Å². The molecule has 0 saturated heterocycles. The lowest BCUT2D eigenvalue weighted by Crippen LogP contribution is -2.18. The number of pyridine rings is 1. The van der Waals surface area contributed by atoms with Crippen LogP contribution >= 0.6 is 0 Å². The summed E-state index contributed by atoms with van der Waals surface area (Å²) < 4.78 is 5.81. The Morgan fingerprint density at radius 3 is 2.72 bits per heavy atom. The molecule has 1 aliphatic rings. The Morgan fingerprint density at radius 1 is 1.44 bits per heavy atom. The lowest BCUT2D eigenvalue weighted by atomic mass is 10.1. The van der Waals surface area contributed by atoms with Crippen molar-refractivity contribution >= 4 is 5.84 Å². The van der Waals surface area contributed by atoms with Gasteiger partial charge in [0, 0.05) is 5.69 Å². The van der Waals surface area contributed by atoms with Gasteiger partial charge in [-0.1, -0.05) is 12.8 Å². The Kier molecular flexibility index (Phi) is 3.84. The summed E-state index contributed by atoms with van der Waals surface area (Å²) in [6.45, 7) is 4.56. The van der Waals surface area contributed by atoms with Crippen molar-refractivity contribution in [2.24, 2.45) is 11.7 Å². The van der Waals surface area contributed by atoms with Gasteiger partial charge in [-0.15, -0.1) is 0 Å². The molecule has 1 aromatic heterocycles. The fraction of sp³-hybridized carbons (Fsp3) is 0.571. The van der Waals surface area contributed by atoms with Crippen LogP contribution < -0.4 is 10.5 Å². The van der Waals surface area contributed by atoms with E-state index >= 15 is 0 Å². The normalized spacial score (nSPS) is 15.9. The molecule has 3 N–H and O–H groups in total. The predicted molar refractivity (Wildman–Crippen MR) is 72.2 cm³/mol. The minimum Gasteiger partial charge on any atom is -0.477 e. The Morgan fingerprint density at radius 2 is 2.11 bits per heavy atom. The molecule has 1 fully saturated rings. The first kappa shape index (κ1) is 12.9. The summed E-state index contributed by atoms with van der Waals surface area (Å²) in [5.74, 6) is 1.18. The average Bonchev–Trinajstić information content (AvgIpc) is 2.77. The lowest BCUT2D eigenvalue weighted by Gasteiger charge is -2.15. The maximum absolute atomic E-state index is 7.63. The van der Waals surface area contributed by atoms with E-state index in [0.717, 1.165) is 11.3 Å². The Hall–Kier alpha value is -1.58. The van der Waals surface area contributed by atoms with Gasteiger partial charge in [-0.25, -0.2) is 4.98 Å². The summed E-state index contributed by atoms with van der Waals surface area (Å²) in [6.07, 6.45) is 5.07. The zero-order valence-corrected chi connectivity index (χ0v) is 11.1. The molecule has 4 heteroatoms. The molecular formula is C14H21N3O. The highest BCUT2D eigenvalue weighted by Gasteiger charge is 2.18. The van der Waals surface area contributed by atoms with E-state index < -0.39 is 0 Å². The largest absolute Gasteiger partial charge is 0.477 e. The molecule has 18 heavy (non-hydrogen) atoms. The van der Waals surface area contributed by atoms with Crippen molar-refractivity contribution in [1.82, 2.24) is 4.98 Å². The molecule has 98 valence electrons. The van der Waals surface area contributed by atoms with Crippen molar-refractivity contribution in [3.63, 3.8) is 0 Å². The summed E-state index contributed by atoms with van der Waals surface area (Å²) >= 11 is 0. The Bertz CT molecular complexity index is 451. The number of hydrogen-bond donors (Lipinski definition) is 2. The highest BCUT2D eigenvalue weighted by atomic mass is 16.5. The average molecular weight is 247 g/mol. The third-order valence-electron chi connectivity index (χ3n) is 3.51. The predicted octanol–water partition coefficient (Wildman–Crippen LogP) is 2.55. The maximum atomic E-state index is 7.63. The number of aromatic nitrogens is 1. The van der Waals surface area contributed by atoms with Crippen molar-refractivity contribution in [1.29, 1.82) is 5.41 Å². The summed E-state index contributed by atoms with van der Waals surface area (Å²) in [4.78, 5) is 4.37. The summed E-state index contributed by atoms with van der Waals surface area (Å²) in [5, 5.41) is 7.63. The third kappa shape index (κ3) is 2.81. The molecule has 1 saturated carbocycles. The Balaban J connectivity index is 2.16. The van der Waals surface area contributed by atoms with E-state index in [2.05, 4.69) is 4.98 Å². The van der Waals surface area contributed by atoms with E-state index in [1.807, 2.05) is 19.9 Å². The first-order valence-electron chi connectivity index (χ1n) is 6.53. The van der Waals surface area contributed by atoms with Gasteiger partial charge >= 0.3 is 0 Å². The molecule has 1 heterocycles. The number of nitrogens with one attached hydrogen (secondary N) is 1. The van der Waals surface area contributed by atoms with Crippen LogP contribution in [0.3, 0.4) is 0 Å². The zero-order valence-electron chi connectivity index (χ0n) is 11.1. The number of nitrogens with zero attached hydrogens (tertiary/aromatic N) is 1. The molecule has 0 amide bonds. The van der Waals surface area contributed by atoms with Crippen molar-refractivity contribution in [2.75, 3.05) is 6.61 Å². The molecule has 0 bridgehead atoms. The van der Waals surface area contributed by atoms with E-state index in [1.165, 1.54) is 25.7 Å². The summed E-state index contributed by atoms with van der Waals surface area (Å²) in [6, 6.07) is 1.93. The van der Waals surface area contributed by atoms with Crippen molar-refractivity contribution in [3.8, 4) is 5.88 Å². The first-order valence-corrected chi connectivity index (χ1v) is 6.53. The van der Waals surface area contributed by atoms with Gasteiger partial charge in [-0.3, -0.25) is 5.41 Å². The van der Waals surface area contributed by atoms with Crippen LogP contribution in [0.2, 0.25) is 0 Å². The van der Waals surface area contributed by atoms with Gasteiger partial charge < -0.3 is 10.5 Å². The fourth-order valence-electron chi connectivity index (χ4n) is 2.61. The monoisotopic (exact) mass is 247 g/mol. The second-order valence-electron chi connectivity index (χ2n) is 5.14. The van der Waals surface area contributed by atoms with Crippen molar-refractivity contribution in [2.45, 2.75) is 39.5 Å². The number of ether oxygens (including phenoxy) is 1. The van der Waals surface area contributed by atoms with E-state index in [9.17, 15) is 0 Å². The molecule has 0 spiro atoms. The molecule has 2 rings (SSSR count). The fourth-order valence-corrected chi connectivity index (χ4v) is 2.61. The molecule has 0 aromatic carbocycles. The molecule has 0 unspecified atom stereocenters. The van der Waals surface area contributed by atoms with Crippen LogP contribution in [-0.2, 0) is 0 Å². The number of hydrogen-bond acceptors (Lipinski definition) is 3. The molecule has 0 atom stereocenters. The smallest absolute Gasteiger partial charge is 0.225 e. The van der Waals surface area contributed by atoms with E-state index in [1.54, 1.807) is 0 Å². The first-order chi connectivity index (χ1) is 8.58. The second-order valence-corrected chi connectivity index (χ2v) is 5.14. The van der Waals surface area contributed by atoms with Crippen LogP contribution in [0, 0.1) is 25.2 Å². The Labute approximate surface area is 108 Å². The van der Waals surface area contributed by atoms with Gasteiger partial charge in [0.1, 0.15) is 5.84 Å². The van der Waals surface area contributed by atoms with Crippen molar-refractivity contribution in [3.05, 3.63) is 22.9 Å². The summed E-state index contributed by atoms with van der Waals surface area (Å²) in [7, 11) is 0. The van der Waals surface area contributed by atoms with Gasteiger partial charge in [0.15, 0.2) is 0 Å². The van der Waals surface area contributed by atoms with Crippen LogP contribution in [0.15, 0.2) is 6.07 Å². The van der Waals surface area contributed by atoms with Gasteiger partial charge in [0.25, 0.3) is 0 Å². The molecule has 1 aliphatic carbocycles. The molecular weight excluding hydrogens is 226 g/mol. The number of nitrogens with two attached hydrogens (primary N) is 1. The highest BCUT2D eigenvalue weighted by molar-refractivity contribution is 5.98. The van der Waals surface area contributed by atoms with E-state index in [-0.39, 0.29) is 5.84 Å².